The summed E-state index contributed by atoms with van der Waals surface area (Å²) in [6.45, 7) is 1.34. The van der Waals surface area contributed by atoms with Crippen LogP contribution in [0.4, 0.5) is 5.95 Å². The van der Waals surface area contributed by atoms with E-state index >= 15 is 0 Å². The molecule has 0 fully saturated rings. The summed E-state index contributed by atoms with van der Waals surface area (Å²) in [6, 6.07) is 10.2. The maximum atomic E-state index is 12.4. The zero-order valence-corrected chi connectivity index (χ0v) is 23.8. The Labute approximate surface area is 243 Å². The first-order valence-electron chi connectivity index (χ1n) is 11.2. The normalized spacial score (nSPS) is 18.7. The van der Waals surface area contributed by atoms with Crippen molar-refractivity contribution in [2.24, 2.45) is 21.2 Å². The van der Waals surface area contributed by atoms with Gasteiger partial charge >= 0.3 is 0 Å². The van der Waals surface area contributed by atoms with Crippen molar-refractivity contribution in [3.8, 4) is 11.3 Å². The Hall–Kier alpha value is -3.39. The third kappa shape index (κ3) is 6.11. The topological polar surface area (TPSA) is 137 Å². The van der Waals surface area contributed by atoms with Gasteiger partial charge in [0.05, 0.1) is 31.9 Å². The number of azo groups is 1. The molecule has 202 valence electrons. The molecule has 1 amide bonds. The van der Waals surface area contributed by atoms with E-state index < -0.39 is 16.8 Å². The first-order valence-corrected chi connectivity index (χ1v) is 12.7. The van der Waals surface area contributed by atoms with Crippen LogP contribution in [0.15, 0.2) is 69.9 Å². The molecule has 0 saturated carbocycles. The largest absolute Gasteiger partial charge is 0.364 e. The van der Waals surface area contributed by atoms with E-state index in [4.69, 9.17) is 52.2 Å². The third-order valence-corrected chi connectivity index (χ3v) is 6.92. The Morgan fingerprint density at radius 1 is 1.08 bits per heavy atom. The highest BCUT2D eigenvalue weighted by atomic mass is 35.5. The van der Waals surface area contributed by atoms with Crippen molar-refractivity contribution in [2.75, 3.05) is 19.1 Å². The first kappa shape index (κ1) is 28.6. The number of hydrogen-bond donors (Lipinski definition) is 2. The molecule has 2 unspecified atom stereocenters. The highest BCUT2D eigenvalue weighted by Crippen LogP contribution is 2.40. The smallest absolute Gasteiger partial charge is 0.281 e. The van der Waals surface area contributed by atoms with Gasteiger partial charge < -0.3 is 4.90 Å². The van der Waals surface area contributed by atoms with Crippen molar-refractivity contribution in [3.63, 3.8) is 0 Å². The van der Waals surface area contributed by atoms with Gasteiger partial charge in [0.15, 0.2) is 12.5 Å². The third-order valence-electron chi connectivity index (χ3n) is 5.26. The van der Waals surface area contributed by atoms with Gasteiger partial charge in [-0.3, -0.25) is 4.79 Å². The number of nitrogens with one attached hydrogen (secondary N) is 1. The van der Waals surface area contributed by atoms with Crippen molar-refractivity contribution in [1.82, 2.24) is 25.5 Å². The van der Waals surface area contributed by atoms with Gasteiger partial charge in [0.1, 0.15) is 5.69 Å². The van der Waals surface area contributed by atoms with Gasteiger partial charge in [-0.1, -0.05) is 64.6 Å². The van der Waals surface area contributed by atoms with Crippen LogP contribution in [0.2, 0.25) is 20.1 Å². The highest BCUT2D eigenvalue weighted by Gasteiger charge is 2.45. The Bertz CT molecular complexity index is 1480. The predicted octanol–water partition coefficient (Wildman–Crippen LogP) is 5.17. The van der Waals surface area contributed by atoms with Crippen molar-refractivity contribution in [3.05, 3.63) is 80.3 Å². The van der Waals surface area contributed by atoms with E-state index in [1.807, 2.05) is 0 Å². The molecule has 3 aromatic rings. The Kier molecular flexibility index (Phi) is 8.64. The molecule has 0 saturated heterocycles. The number of halogens is 4. The molecular weight excluding hydrogens is 588 g/mol. The summed E-state index contributed by atoms with van der Waals surface area (Å²) < 4.78 is -0.607. The van der Waals surface area contributed by atoms with E-state index in [-0.39, 0.29) is 16.8 Å². The first-order chi connectivity index (χ1) is 18.5. The lowest BCUT2D eigenvalue weighted by molar-refractivity contribution is -0.952. The minimum atomic E-state index is -0.945. The molecule has 0 radical (unpaired) electrons. The zero-order chi connectivity index (χ0) is 28.3. The maximum absolute atomic E-state index is 12.4. The molecule has 0 aliphatic carbocycles. The van der Waals surface area contributed by atoms with Crippen LogP contribution in [0.5, 0.6) is 0 Å². The van der Waals surface area contributed by atoms with Crippen molar-refractivity contribution in [1.29, 1.82) is 0 Å². The average Bonchev–Trinajstić information content (AvgIpc) is 2.90. The second-order valence-electron chi connectivity index (χ2n) is 8.44. The predicted molar refractivity (Wildman–Crippen MR) is 150 cm³/mol. The van der Waals surface area contributed by atoms with Crippen molar-refractivity contribution >= 4 is 64.6 Å². The molecule has 4 rings (SSSR count). The number of amides is 1. The van der Waals surface area contributed by atoms with Crippen molar-refractivity contribution in [2.45, 2.75) is 13.1 Å². The van der Waals surface area contributed by atoms with Gasteiger partial charge in [-0.25, -0.2) is 15.8 Å². The second kappa shape index (κ2) is 11.8. The summed E-state index contributed by atoms with van der Waals surface area (Å²) in [5.74, 6) is 5.96. The van der Waals surface area contributed by atoms with Crippen LogP contribution in [0.1, 0.15) is 18.7 Å². The van der Waals surface area contributed by atoms with Crippen LogP contribution < -0.4 is 16.3 Å². The average molecular weight is 610 g/mol. The second-order valence-corrected chi connectivity index (χ2v) is 10.0. The fraction of sp³-hybridized carbons (Fsp3) is 0.174. The lowest BCUT2D eigenvalue weighted by atomic mass is 10.1. The molecular formula is C23H22Cl4N11O+. The lowest BCUT2D eigenvalue weighted by Crippen LogP contribution is -2.55. The van der Waals surface area contributed by atoms with E-state index in [0.29, 0.717) is 31.9 Å². The number of quaternary nitrogens is 1. The molecule has 16 heteroatoms. The number of carbonyl (C=O) groups is 1. The summed E-state index contributed by atoms with van der Waals surface area (Å²) in [7, 11) is 3.54. The molecule has 39 heavy (non-hydrogen) atoms. The van der Waals surface area contributed by atoms with E-state index in [0.717, 1.165) is 5.01 Å². The Morgan fingerprint density at radius 3 is 2.41 bits per heavy atom. The number of nitrogens with zero attached hydrogens (tertiary/aromatic N) is 9. The highest BCUT2D eigenvalue weighted by molar-refractivity contribution is 6.43. The number of hydrazine groups is 1. The summed E-state index contributed by atoms with van der Waals surface area (Å²) in [5.41, 5.74) is 4.21. The van der Waals surface area contributed by atoms with Crippen LogP contribution in [0, 0.1) is 0 Å². The molecule has 2 aromatic carbocycles. The van der Waals surface area contributed by atoms with Crippen LogP contribution in [0.25, 0.3) is 11.3 Å². The van der Waals surface area contributed by atoms with Crippen LogP contribution in [-0.2, 0) is 4.79 Å². The fourth-order valence-electron chi connectivity index (χ4n) is 3.54. The molecule has 12 nitrogen and oxygen atoms in total. The number of aromatic nitrogens is 3. The monoisotopic (exact) mass is 608 g/mol. The number of anilines is 1. The Morgan fingerprint density at radius 2 is 1.77 bits per heavy atom. The summed E-state index contributed by atoms with van der Waals surface area (Å²) >= 11 is 25.2. The van der Waals surface area contributed by atoms with Crippen LogP contribution in [0.3, 0.4) is 0 Å². The number of carbonyl (C=O) groups excluding carboxylic acids is 1. The summed E-state index contributed by atoms with van der Waals surface area (Å²) in [5, 5.41) is 23.8. The molecule has 3 N–H and O–H groups in total. The molecule has 1 aliphatic rings. The van der Waals surface area contributed by atoms with E-state index in [2.05, 4.69) is 35.9 Å². The quantitative estimate of drug-likeness (QED) is 0.124. The number of rotatable bonds is 7. The van der Waals surface area contributed by atoms with Gasteiger partial charge in [0, 0.05) is 26.6 Å². The van der Waals surface area contributed by atoms with Gasteiger partial charge in [-0.05, 0) is 28.0 Å². The van der Waals surface area contributed by atoms with Gasteiger partial charge in [-0.2, -0.15) is 5.43 Å². The van der Waals surface area contributed by atoms with Gasteiger partial charge in [0.2, 0.25) is 5.82 Å². The standard InChI is InChI=1S/C23H21Cl4N11O/c1-13(39)35-38(30-12-36(2)3)11-19(32-33-22(38)15-7-5-9-17(25)21(15)27)37(28)23-29-10-18(31-34-23)14-6-4-8-16(24)20(14)26/h4-12,22H,28H2,1-3H3/p+1. The summed E-state index contributed by atoms with van der Waals surface area (Å²) in [4.78, 5) is 18.4. The zero-order valence-electron chi connectivity index (χ0n) is 20.8. The molecule has 2 atom stereocenters. The number of benzene rings is 2. The van der Waals surface area contributed by atoms with E-state index in [1.54, 1.807) is 55.4 Å². The van der Waals surface area contributed by atoms with Crippen LogP contribution >= 0.6 is 46.4 Å². The lowest BCUT2D eigenvalue weighted by Gasteiger charge is -2.35. The van der Waals surface area contributed by atoms with E-state index in [9.17, 15) is 4.79 Å². The van der Waals surface area contributed by atoms with E-state index in [1.165, 1.54) is 25.7 Å². The molecule has 1 aromatic heterocycles. The molecule has 0 bridgehead atoms. The Balaban J connectivity index is 1.77. The SMILES string of the molecule is CC(=O)N[N+]1(N=CN(C)C)C=C(N(N)c2ncc(-c3cccc(Cl)c3Cl)nn2)N=NC1c1cccc(Cl)c1Cl. The number of hydrogen-bond acceptors (Lipinski definition) is 9. The number of nitrogens with two attached hydrogens (primary N) is 1. The van der Waals surface area contributed by atoms with Crippen LogP contribution in [-0.4, -0.2) is 51.1 Å². The maximum Gasteiger partial charge on any atom is 0.281 e. The van der Waals surface area contributed by atoms with Crippen molar-refractivity contribution < 1.29 is 9.50 Å². The van der Waals surface area contributed by atoms with Gasteiger partial charge in [0.25, 0.3) is 18.0 Å². The molecule has 2 heterocycles. The minimum absolute atomic E-state index is 0.0150. The fourth-order valence-corrected chi connectivity index (χ4v) is 4.34. The molecule has 1 aliphatic heterocycles. The summed E-state index contributed by atoms with van der Waals surface area (Å²) in [6.07, 6.45) is 3.47. The van der Waals surface area contributed by atoms with Gasteiger partial charge in [-0.15, -0.1) is 20.4 Å². The minimum Gasteiger partial charge on any atom is -0.364 e. The molecule has 0 spiro atoms.